The summed E-state index contributed by atoms with van der Waals surface area (Å²) < 4.78 is 20.8. The Kier molecular flexibility index (Phi) is 6.26. The number of esters is 1. The molecule has 1 aromatic heterocycles. The molecule has 0 aliphatic heterocycles. The Morgan fingerprint density at radius 3 is 2.43 bits per heavy atom. The van der Waals surface area contributed by atoms with Crippen LogP contribution in [-0.2, 0) is 21.4 Å². The van der Waals surface area contributed by atoms with E-state index in [4.69, 9.17) is 4.74 Å². The van der Waals surface area contributed by atoms with Crippen LogP contribution in [-0.4, -0.2) is 27.8 Å². The molecule has 154 valence electrons. The average molecular weight is 409 g/mol. The Morgan fingerprint density at radius 1 is 1.10 bits per heavy atom. The number of halogens is 1. The quantitative estimate of drug-likeness (QED) is 0.501. The minimum atomic E-state index is -0.735. The molecule has 1 N–H and O–H groups in total. The first-order valence-electron chi connectivity index (χ1n) is 9.11. The Bertz CT molecular complexity index is 1150. The lowest BCUT2D eigenvalue weighted by molar-refractivity contribution is -0.142. The third-order valence-electron chi connectivity index (χ3n) is 4.45. The van der Waals surface area contributed by atoms with Gasteiger partial charge in [0.25, 0.3) is 11.5 Å². The molecule has 1 amide bonds. The largest absolute Gasteiger partial charge is 0.452 e. The van der Waals surface area contributed by atoms with E-state index in [2.05, 4.69) is 5.32 Å². The van der Waals surface area contributed by atoms with E-state index >= 15 is 0 Å². The standard InChI is InChI=1S/C22H20FN3O4/c1-15-21(22(29)26(25(15)2)18-6-4-3-5-7-18)24-19(27)14-30-20(28)13-10-16-8-11-17(23)12-9-16/h3-13H,14H2,1-2H3,(H,24,27). The summed E-state index contributed by atoms with van der Waals surface area (Å²) in [5.74, 6) is -1.75. The summed E-state index contributed by atoms with van der Waals surface area (Å²) >= 11 is 0. The van der Waals surface area contributed by atoms with Crippen molar-refractivity contribution in [1.82, 2.24) is 9.36 Å². The van der Waals surface area contributed by atoms with Crippen LogP contribution in [0.5, 0.6) is 0 Å². The van der Waals surface area contributed by atoms with Gasteiger partial charge < -0.3 is 10.1 Å². The molecule has 0 aliphatic carbocycles. The molecule has 0 radical (unpaired) electrons. The third kappa shape index (κ3) is 4.72. The van der Waals surface area contributed by atoms with Gasteiger partial charge in [0.15, 0.2) is 6.61 Å². The number of rotatable bonds is 6. The van der Waals surface area contributed by atoms with E-state index in [0.29, 0.717) is 16.9 Å². The van der Waals surface area contributed by atoms with E-state index in [1.165, 1.54) is 35.0 Å². The van der Waals surface area contributed by atoms with Crippen molar-refractivity contribution in [3.8, 4) is 5.69 Å². The zero-order valence-electron chi connectivity index (χ0n) is 16.5. The van der Waals surface area contributed by atoms with Crippen LogP contribution in [0.25, 0.3) is 11.8 Å². The van der Waals surface area contributed by atoms with Gasteiger partial charge in [-0.15, -0.1) is 0 Å². The van der Waals surface area contributed by atoms with Crippen LogP contribution in [0.2, 0.25) is 0 Å². The maximum absolute atomic E-state index is 12.9. The van der Waals surface area contributed by atoms with Crippen molar-refractivity contribution in [3.05, 3.63) is 88.1 Å². The highest BCUT2D eigenvalue weighted by molar-refractivity contribution is 5.95. The van der Waals surface area contributed by atoms with E-state index in [9.17, 15) is 18.8 Å². The molecule has 0 spiro atoms. The van der Waals surface area contributed by atoms with Crippen molar-refractivity contribution in [2.75, 3.05) is 11.9 Å². The number of nitrogens with zero attached hydrogens (tertiary/aromatic N) is 2. The number of hydrogen-bond donors (Lipinski definition) is 1. The van der Waals surface area contributed by atoms with Gasteiger partial charge >= 0.3 is 5.97 Å². The van der Waals surface area contributed by atoms with Crippen LogP contribution in [0.4, 0.5) is 10.1 Å². The summed E-state index contributed by atoms with van der Waals surface area (Å²) in [7, 11) is 1.71. The van der Waals surface area contributed by atoms with Gasteiger partial charge in [-0.2, -0.15) is 0 Å². The van der Waals surface area contributed by atoms with Crippen molar-refractivity contribution in [2.24, 2.45) is 7.05 Å². The minimum Gasteiger partial charge on any atom is -0.452 e. The molecule has 0 unspecified atom stereocenters. The Morgan fingerprint density at radius 2 is 1.77 bits per heavy atom. The lowest BCUT2D eigenvalue weighted by Crippen LogP contribution is -2.25. The molecule has 2 aromatic carbocycles. The van der Waals surface area contributed by atoms with Gasteiger partial charge in [0, 0.05) is 13.1 Å². The minimum absolute atomic E-state index is 0.115. The molecule has 8 heteroatoms. The second kappa shape index (κ2) is 9.04. The molecular weight excluding hydrogens is 389 g/mol. The third-order valence-corrected chi connectivity index (χ3v) is 4.45. The number of amides is 1. The number of para-hydroxylation sites is 1. The van der Waals surface area contributed by atoms with E-state index in [1.807, 2.05) is 6.07 Å². The summed E-state index contributed by atoms with van der Waals surface area (Å²) in [6.45, 7) is 1.15. The average Bonchev–Trinajstić information content (AvgIpc) is 2.95. The predicted molar refractivity (Wildman–Crippen MR) is 111 cm³/mol. The normalized spacial score (nSPS) is 10.9. The number of ether oxygens (including phenoxy) is 1. The SMILES string of the molecule is Cc1c(NC(=O)COC(=O)C=Cc2ccc(F)cc2)c(=O)n(-c2ccccc2)n1C. The Hall–Kier alpha value is -3.94. The van der Waals surface area contributed by atoms with E-state index in [-0.39, 0.29) is 11.5 Å². The zero-order valence-corrected chi connectivity index (χ0v) is 16.5. The maximum atomic E-state index is 12.9. The second-order valence-corrected chi connectivity index (χ2v) is 6.48. The number of aromatic nitrogens is 2. The first-order valence-corrected chi connectivity index (χ1v) is 9.11. The lowest BCUT2D eigenvalue weighted by Gasteiger charge is -2.07. The number of benzene rings is 2. The first-order chi connectivity index (χ1) is 14.4. The fraction of sp³-hybridized carbons (Fsp3) is 0.136. The molecule has 0 saturated heterocycles. The highest BCUT2D eigenvalue weighted by atomic mass is 19.1. The number of anilines is 1. The summed E-state index contributed by atoms with van der Waals surface area (Å²) in [6, 6.07) is 14.5. The molecular formula is C22H20FN3O4. The van der Waals surface area contributed by atoms with Crippen LogP contribution in [0.15, 0.2) is 65.5 Å². The van der Waals surface area contributed by atoms with E-state index in [0.717, 1.165) is 6.08 Å². The van der Waals surface area contributed by atoms with Gasteiger partial charge in [-0.25, -0.2) is 13.9 Å². The summed E-state index contributed by atoms with van der Waals surface area (Å²) in [5.41, 5.74) is 1.55. The second-order valence-electron chi connectivity index (χ2n) is 6.48. The highest BCUT2D eigenvalue weighted by Gasteiger charge is 2.18. The van der Waals surface area contributed by atoms with Crippen molar-refractivity contribution in [1.29, 1.82) is 0 Å². The molecule has 30 heavy (non-hydrogen) atoms. The number of carbonyl (C=O) groups excluding carboxylic acids is 2. The van der Waals surface area contributed by atoms with Crippen LogP contribution in [0.3, 0.4) is 0 Å². The predicted octanol–water partition coefficient (Wildman–Crippen LogP) is 2.82. The van der Waals surface area contributed by atoms with Gasteiger partial charge in [-0.05, 0) is 42.8 Å². The van der Waals surface area contributed by atoms with Crippen molar-refractivity contribution < 1.29 is 18.7 Å². The van der Waals surface area contributed by atoms with E-state index < -0.39 is 24.0 Å². The smallest absolute Gasteiger partial charge is 0.331 e. The molecule has 0 aliphatic rings. The monoisotopic (exact) mass is 409 g/mol. The summed E-state index contributed by atoms with van der Waals surface area (Å²) in [4.78, 5) is 36.7. The molecule has 3 rings (SSSR count). The number of carbonyl (C=O) groups is 2. The van der Waals surface area contributed by atoms with Crippen LogP contribution in [0, 0.1) is 12.7 Å². The van der Waals surface area contributed by atoms with Crippen molar-refractivity contribution in [3.63, 3.8) is 0 Å². The van der Waals surface area contributed by atoms with Crippen LogP contribution < -0.4 is 10.9 Å². The molecule has 0 bridgehead atoms. The molecule has 0 saturated carbocycles. The lowest BCUT2D eigenvalue weighted by atomic mass is 10.2. The van der Waals surface area contributed by atoms with Gasteiger partial charge in [0.2, 0.25) is 0 Å². The fourth-order valence-electron chi connectivity index (χ4n) is 2.81. The highest BCUT2D eigenvalue weighted by Crippen LogP contribution is 2.13. The topological polar surface area (TPSA) is 82.3 Å². The fourth-order valence-corrected chi connectivity index (χ4v) is 2.81. The number of nitrogens with one attached hydrogen (secondary N) is 1. The van der Waals surface area contributed by atoms with Gasteiger partial charge in [0.05, 0.1) is 11.4 Å². The summed E-state index contributed by atoms with van der Waals surface area (Å²) in [6.07, 6.45) is 2.58. The van der Waals surface area contributed by atoms with Gasteiger partial charge in [0.1, 0.15) is 11.5 Å². The first kappa shape index (κ1) is 20.8. The number of hydrogen-bond acceptors (Lipinski definition) is 4. The Balaban J connectivity index is 1.63. The molecule has 1 heterocycles. The molecule has 3 aromatic rings. The van der Waals surface area contributed by atoms with E-state index in [1.54, 1.807) is 42.9 Å². The van der Waals surface area contributed by atoms with Crippen molar-refractivity contribution >= 4 is 23.6 Å². The maximum Gasteiger partial charge on any atom is 0.331 e. The molecule has 0 fully saturated rings. The molecule has 7 nitrogen and oxygen atoms in total. The summed E-state index contributed by atoms with van der Waals surface area (Å²) in [5, 5.41) is 2.51. The van der Waals surface area contributed by atoms with Crippen molar-refractivity contribution in [2.45, 2.75) is 6.92 Å². The van der Waals surface area contributed by atoms with Crippen LogP contribution >= 0.6 is 0 Å². The van der Waals surface area contributed by atoms with Gasteiger partial charge in [-0.3, -0.25) is 14.3 Å². The van der Waals surface area contributed by atoms with Gasteiger partial charge in [-0.1, -0.05) is 30.3 Å². The van der Waals surface area contributed by atoms with Crippen LogP contribution in [0.1, 0.15) is 11.3 Å². The zero-order chi connectivity index (χ0) is 21.7. The molecule has 0 atom stereocenters. The Labute approximate surface area is 172 Å².